The third kappa shape index (κ3) is 2.65. The molecule has 3 aromatic carbocycles. The molecule has 0 saturated carbocycles. The first-order chi connectivity index (χ1) is 16.2. The molecule has 0 radical (unpaired) electrons. The summed E-state index contributed by atoms with van der Waals surface area (Å²) < 4.78 is 7.48. The number of hydrogen-bond donors (Lipinski definition) is 3. The first kappa shape index (κ1) is 20.2. The number of aromatic hydroxyl groups is 3. The summed E-state index contributed by atoms with van der Waals surface area (Å²) in [6.07, 6.45) is 1.78. The van der Waals surface area contributed by atoms with Crippen molar-refractivity contribution in [1.82, 2.24) is 4.40 Å². The second kappa shape index (κ2) is 6.78. The van der Waals surface area contributed by atoms with Gasteiger partial charge in [0.25, 0.3) is 0 Å². The van der Waals surface area contributed by atoms with Crippen molar-refractivity contribution in [1.29, 1.82) is 0 Å². The Hall–Kier alpha value is -4.45. The van der Waals surface area contributed by atoms with E-state index in [4.69, 9.17) is 4.42 Å². The Morgan fingerprint density at radius 1 is 0.735 bits per heavy atom. The minimum absolute atomic E-state index is 0.0984. The molecular formula is C28H21NO5. The Bertz CT molecular complexity index is 1890. The van der Waals surface area contributed by atoms with Gasteiger partial charge >= 0.3 is 5.63 Å². The van der Waals surface area contributed by atoms with E-state index in [1.54, 1.807) is 41.8 Å². The minimum atomic E-state index is -0.500. The monoisotopic (exact) mass is 451 g/mol. The molecule has 0 fully saturated rings. The second-order valence-electron chi connectivity index (χ2n) is 8.88. The summed E-state index contributed by atoms with van der Waals surface area (Å²) >= 11 is 0. The smallest absolute Gasteiger partial charge is 0.361 e. The summed E-state index contributed by atoms with van der Waals surface area (Å²) in [5.41, 5.74) is 4.47. The molecule has 168 valence electrons. The molecule has 3 aromatic heterocycles. The van der Waals surface area contributed by atoms with Gasteiger partial charge in [0.15, 0.2) is 0 Å². The van der Waals surface area contributed by atoms with Crippen LogP contribution in [-0.4, -0.2) is 19.7 Å². The maximum absolute atomic E-state index is 13.3. The zero-order chi connectivity index (χ0) is 23.9. The summed E-state index contributed by atoms with van der Waals surface area (Å²) in [5.74, 6) is 0.430. The number of hydrogen-bond acceptors (Lipinski definition) is 5. The Morgan fingerprint density at radius 2 is 1.44 bits per heavy atom. The molecule has 0 bridgehead atoms. The van der Waals surface area contributed by atoms with Crippen LogP contribution in [-0.2, 0) is 0 Å². The summed E-state index contributed by atoms with van der Waals surface area (Å²) in [5, 5.41) is 34.2. The molecule has 3 N–H and O–H groups in total. The minimum Gasteiger partial charge on any atom is -0.508 e. The van der Waals surface area contributed by atoms with Crippen LogP contribution in [0.4, 0.5) is 0 Å². The third-order valence-electron chi connectivity index (χ3n) is 6.69. The van der Waals surface area contributed by atoms with Crippen molar-refractivity contribution in [3.8, 4) is 28.4 Å². The largest absolute Gasteiger partial charge is 0.508 e. The van der Waals surface area contributed by atoms with Crippen LogP contribution < -0.4 is 5.63 Å². The number of phenolic OH excluding ortho intramolecular Hbond substituents is 3. The normalized spacial score (nSPS) is 11.9. The molecule has 6 rings (SSSR count). The quantitative estimate of drug-likeness (QED) is 0.264. The Kier molecular flexibility index (Phi) is 4.02. The fraction of sp³-hybridized carbons (Fsp3) is 0.107. The maximum Gasteiger partial charge on any atom is 0.361 e. The molecule has 0 amide bonds. The topological polar surface area (TPSA) is 95.3 Å². The first-order valence-electron chi connectivity index (χ1n) is 10.9. The number of nitrogens with zero attached hydrogens (tertiary/aromatic N) is 1. The first-order valence-corrected chi connectivity index (χ1v) is 10.9. The molecule has 6 aromatic rings. The van der Waals surface area contributed by atoms with Crippen molar-refractivity contribution in [2.24, 2.45) is 0 Å². The number of aromatic nitrogens is 1. The molecule has 0 aliphatic carbocycles. The lowest BCUT2D eigenvalue weighted by Crippen LogP contribution is -2.02. The van der Waals surface area contributed by atoms with E-state index in [1.807, 2.05) is 38.1 Å². The highest BCUT2D eigenvalue weighted by atomic mass is 16.4. The molecule has 3 heterocycles. The fourth-order valence-corrected chi connectivity index (χ4v) is 4.82. The predicted octanol–water partition coefficient (Wildman–Crippen LogP) is 6.06. The lowest BCUT2D eigenvalue weighted by molar-refractivity contribution is 0.470. The van der Waals surface area contributed by atoms with Crippen molar-refractivity contribution in [2.45, 2.75) is 20.8 Å². The van der Waals surface area contributed by atoms with Gasteiger partial charge in [0.1, 0.15) is 28.3 Å². The lowest BCUT2D eigenvalue weighted by atomic mass is 9.96. The van der Waals surface area contributed by atoms with Crippen molar-refractivity contribution in [3.63, 3.8) is 0 Å². The van der Waals surface area contributed by atoms with Crippen molar-refractivity contribution in [3.05, 3.63) is 81.8 Å². The van der Waals surface area contributed by atoms with Crippen LogP contribution in [0.15, 0.2) is 63.9 Å². The molecule has 0 saturated heterocycles. The highest BCUT2D eigenvalue weighted by molar-refractivity contribution is 6.21. The van der Waals surface area contributed by atoms with Crippen LogP contribution in [0.1, 0.15) is 16.7 Å². The number of phenols is 3. The molecule has 6 heteroatoms. The van der Waals surface area contributed by atoms with Crippen LogP contribution in [0.5, 0.6) is 17.2 Å². The van der Waals surface area contributed by atoms with Crippen molar-refractivity contribution >= 4 is 38.2 Å². The highest BCUT2D eigenvalue weighted by Crippen LogP contribution is 2.43. The van der Waals surface area contributed by atoms with Crippen molar-refractivity contribution < 1.29 is 19.7 Å². The summed E-state index contributed by atoms with van der Waals surface area (Å²) in [6.45, 7) is 5.39. The number of pyridine rings is 1. The van der Waals surface area contributed by atoms with Crippen LogP contribution in [0.3, 0.4) is 0 Å². The molecule has 6 nitrogen and oxygen atoms in total. The summed E-state index contributed by atoms with van der Waals surface area (Å²) in [4.78, 5) is 13.3. The molecule has 34 heavy (non-hydrogen) atoms. The average molecular weight is 451 g/mol. The third-order valence-corrected chi connectivity index (χ3v) is 6.69. The number of fused-ring (bicyclic) bond motifs is 7. The van der Waals surface area contributed by atoms with Gasteiger partial charge in [-0.15, -0.1) is 0 Å². The van der Waals surface area contributed by atoms with Gasteiger partial charge in [0.2, 0.25) is 0 Å². The van der Waals surface area contributed by atoms with Gasteiger partial charge in [-0.2, -0.15) is 0 Å². The van der Waals surface area contributed by atoms with E-state index in [1.165, 1.54) is 0 Å². The lowest BCUT2D eigenvalue weighted by Gasteiger charge is -2.09. The van der Waals surface area contributed by atoms with Crippen LogP contribution in [0.25, 0.3) is 49.3 Å². The van der Waals surface area contributed by atoms with Crippen molar-refractivity contribution in [2.75, 3.05) is 0 Å². The van der Waals surface area contributed by atoms with E-state index in [9.17, 15) is 20.1 Å². The molecule has 0 unspecified atom stereocenters. The van der Waals surface area contributed by atoms with E-state index in [0.29, 0.717) is 33.0 Å². The number of benzene rings is 3. The molecule has 0 aliphatic rings. The number of rotatable bonds is 1. The van der Waals surface area contributed by atoms with Gasteiger partial charge in [0.05, 0.1) is 5.52 Å². The SMILES string of the molecule is Cc1ccc(-c2c3c4cc(O)c(C)cc4oc(=O)c3n3ccc4cc(O)c(C)cc4c23)cc1O. The molecule has 0 aliphatic heterocycles. The van der Waals surface area contributed by atoms with Crippen LogP contribution >= 0.6 is 0 Å². The maximum atomic E-state index is 13.3. The van der Waals surface area contributed by atoms with Gasteiger partial charge < -0.3 is 24.1 Å². The Morgan fingerprint density at radius 3 is 2.21 bits per heavy atom. The Balaban J connectivity index is 1.97. The van der Waals surface area contributed by atoms with E-state index in [-0.39, 0.29) is 17.2 Å². The van der Waals surface area contributed by atoms with E-state index >= 15 is 0 Å². The van der Waals surface area contributed by atoms with Crippen LogP contribution in [0, 0.1) is 20.8 Å². The predicted molar refractivity (Wildman–Crippen MR) is 133 cm³/mol. The van der Waals surface area contributed by atoms with Gasteiger partial charge in [-0.1, -0.05) is 12.1 Å². The van der Waals surface area contributed by atoms with E-state index in [2.05, 4.69) is 0 Å². The summed E-state index contributed by atoms with van der Waals surface area (Å²) in [6, 6.07) is 14.1. The molecular weight excluding hydrogens is 430 g/mol. The van der Waals surface area contributed by atoms with Gasteiger partial charge in [-0.3, -0.25) is 0 Å². The average Bonchev–Trinajstić information content (AvgIpc) is 3.14. The molecule has 0 spiro atoms. The van der Waals surface area contributed by atoms with Gasteiger partial charge in [0, 0.05) is 27.9 Å². The molecule has 0 atom stereocenters. The summed E-state index contributed by atoms with van der Waals surface area (Å²) in [7, 11) is 0. The standard InChI is InChI=1S/C28H21NO5/c1-13-4-5-17(11-20(13)30)24-25-19-12-22(32)15(3)9-23(19)34-28(33)27(25)29-7-6-16-10-21(31)14(2)8-18(16)26(24)29/h4-12,30-32H,1-3H3. The van der Waals surface area contributed by atoms with Gasteiger partial charge in [-0.25, -0.2) is 4.79 Å². The highest BCUT2D eigenvalue weighted by Gasteiger charge is 2.23. The fourth-order valence-electron chi connectivity index (χ4n) is 4.82. The van der Waals surface area contributed by atoms with E-state index in [0.717, 1.165) is 33.0 Å². The Labute approximate surface area is 193 Å². The number of aryl methyl sites for hydroxylation is 3. The second-order valence-corrected chi connectivity index (χ2v) is 8.88. The zero-order valence-electron chi connectivity index (χ0n) is 18.8. The van der Waals surface area contributed by atoms with Crippen LogP contribution in [0.2, 0.25) is 0 Å². The zero-order valence-corrected chi connectivity index (χ0v) is 18.8. The van der Waals surface area contributed by atoms with E-state index < -0.39 is 5.63 Å². The van der Waals surface area contributed by atoms with Gasteiger partial charge in [-0.05, 0) is 84.8 Å².